The average molecular weight is 681 g/mol. The fraction of sp³-hybridized carbons (Fsp3) is 0. The molecular weight excluding hydrogens is 681 g/mol. The van der Waals surface area contributed by atoms with Gasteiger partial charge in [0.15, 0.2) is 0 Å². The van der Waals surface area contributed by atoms with E-state index >= 15 is 0 Å². The van der Waals surface area contributed by atoms with Gasteiger partial charge in [-0.25, -0.2) is 0 Å². The Hall–Kier alpha value is 1.92. The molecule has 0 aromatic carbocycles. The van der Waals surface area contributed by atoms with Crippen LogP contribution in [0.5, 0.6) is 0 Å². The predicted octanol–water partition coefficient (Wildman–Crippen LogP) is 2.18. The van der Waals surface area contributed by atoms with E-state index in [1.807, 2.05) is 0 Å². The average Bonchev–Trinajstić information content (AvgIpc) is 2.15. The Morgan fingerprint density at radius 2 is 0.824 bits per heavy atom. The molecule has 17 heavy (non-hydrogen) atoms. The van der Waals surface area contributed by atoms with E-state index in [0.717, 1.165) is 0 Å². The van der Waals surface area contributed by atoms with Crippen LogP contribution < -0.4 is 10.2 Å². The first-order valence-corrected chi connectivity index (χ1v) is 7.71. The van der Waals surface area contributed by atoms with Crippen molar-refractivity contribution in [2.75, 3.05) is 0 Å². The first kappa shape index (κ1) is 24.0. The molecule has 0 aromatic rings. The molecule has 0 atom stereocenters. The van der Waals surface area contributed by atoms with Crippen LogP contribution >= 0.6 is 95.6 Å². The molecular formula is C6Br6O4Zn. The minimum absolute atomic E-state index is 0. The predicted molar refractivity (Wildman–Crippen MR) is 77.6 cm³/mol. The Morgan fingerprint density at radius 3 is 0.824 bits per heavy atom. The molecule has 4 nitrogen and oxygen atoms in total. The topological polar surface area (TPSA) is 80.3 Å². The molecule has 0 saturated heterocycles. The molecule has 0 unspecified atom stereocenters. The van der Waals surface area contributed by atoms with Crippen LogP contribution in [-0.4, -0.2) is 11.9 Å². The molecule has 0 bridgehead atoms. The van der Waals surface area contributed by atoms with Gasteiger partial charge in [-0.3, -0.25) is 0 Å². The standard InChI is InChI=1S/2C3HBr3O2.Zn/c2*4-1(2(5)6)3(7)8;/h2*(H,7,8);/q;;+2/p-2. The largest absolute Gasteiger partial charge is 2.00 e. The molecule has 0 saturated carbocycles. The van der Waals surface area contributed by atoms with Crippen molar-refractivity contribution in [2.45, 2.75) is 0 Å². The second-order valence-electron chi connectivity index (χ2n) is 1.72. The number of hydrogen-bond donors (Lipinski definition) is 0. The van der Waals surface area contributed by atoms with Crippen LogP contribution in [-0.2, 0) is 29.1 Å². The van der Waals surface area contributed by atoms with E-state index in [9.17, 15) is 19.8 Å². The summed E-state index contributed by atoms with van der Waals surface area (Å²) in [4.78, 5) is 19.7. The van der Waals surface area contributed by atoms with Crippen LogP contribution in [0, 0.1) is 0 Å². The summed E-state index contributed by atoms with van der Waals surface area (Å²) in [5, 5.41) is 19.7. The summed E-state index contributed by atoms with van der Waals surface area (Å²) >= 11 is 16.9. The second kappa shape index (κ2) is 12.9. The Labute approximate surface area is 160 Å². The number of rotatable bonds is 2. The van der Waals surface area contributed by atoms with Gasteiger partial charge in [-0.05, 0) is 95.6 Å². The summed E-state index contributed by atoms with van der Waals surface area (Å²) < 4.78 is 0.616. The maximum Gasteiger partial charge on any atom is 2.00 e. The molecule has 0 aliphatic rings. The number of aliphatic carboxylic acids is 2. The third-order valence-electron chi connectivity index (χ3n) is 0.690. The number of hydrogen-bond acceptors (Lipinski definition) is 4. The van der Waals surface area contributed by atoms with Gasteiger partial charge in [0.2, 0.25) is 0 Å². The van der Waals surface area contributed by atoms with Gasteiger partial charge in [0.1, 0.15) is 0 Å². The zero-order valence-corrected chi connectivity index (χ0v) is 20.1. The molecule has 0 heterocycles. The first-order valence-electron chi connectivity index (χ1n) is 2.95. The minimum Gasteiger partial charge on any atom is -0.544 e. The molecule has 0 aromatic heterocycles. The zero-order valence-electron chi connectivity index (χ0n) is 7.61. The number of carboxylic acid groups (broad SMARTS) is 2. The van der Waals surface area contributed by atoms with Crippen molar-refractivity contribution in [3.63, 3.8) is 0 Å². The van der Waals surface area contributed by atoms with Gasteiger partial charge in [0.05, 0.1) is 27.7 Å². The van der Waals surface area contributed by atoms with E-state index in [2.05, 4.69) is 95.6 Å². The van der Waals surface area contributed by atoms with E-state index < -0.39 is 11.9 Å². The van der Waals surface area contributed by atoms with E-state index in [4.69, 9.17) is 0 Å². The number of halogens is 6. The molecule has 0 fully saturated rings. The van der Waals surface area contributed by atoms with Crippen molar-refractivity contribution < 1.29 is 39.3 Å². The Balaban J connectivity index is -0.000000218. The van der Waals surface area contributed by atoms with Crippen LogP contribution in [0.3, 0.4) is 0 Å². The van der Waals surface area contributed by atoms with E-state index in [-0.39, 0.29) is 28.4 Å². The first-order chi connectivity index (χ1) is 7.11. The van der Waals surface area contributed by atoms with Crippen molar-refractivity contribution in [3.8, 4) is 0 Å². The maximum atomic E-state index is 9.86. The van der Waals surface area contributed by atoms with Gasteiger partial charge >= 0.3 is 19.5 Å². The Kier molecular flexibility index (Phi) is 18.2. The summed E-state index contributed by atoms with van der Waals surface area (Å²) in [5.74, 6) is -2.51. The van der Waals surface area contributed by atoms with Crippen molar-refractivity contribution >= 4 is 108 Å². The van der Waals surface area contributed by atoms with Crippen molar-refractivity contribution in [2.24, 2.45) is 0 Å². The second-order valence-corrected chi connectivity index (χ2v) is 8.61. The molecule has 11 heteroatoms. The summed E-state index contributed by atoms with van der Waals surface area (Å²) in [5.41, 5.74) is 0. The summed E-state index contributed by atoms with van der Waals surface area (Å²) in [6, 6.07) is 0. The zero-order chi connectivity index (χ0) is 13.5. The van der Waals surface area contributed by atoms with Crippen molar-refractivity contribution in [3.05, 3.63) is 15.7 Å². The van der Waals surface area contributed by atoms with Gasteiger partial charge in [-0.15, -0.1) is 0 Å². The van der Waals surface area contributed by atoms with Gasteiger partial charge < -0.3 is 19.8 Å². The molecule has 0 radical (unpaired) electrons. The minimum atomic E-state index is -1.26. The number of carbonyl (C=O) groups is 2. The fourth-order valence-electron chi connectivity index (χ4n) is 0.154. The third-order valence-corrected chi connectivity index (χ3v) is 5.85. The third kappa shape index (κ3) is 14.1. The maximum absolute atomic E-state index is 9.86. The smallest absolute Gasteiger partial charge is 0.544 e. The monoisotopic (exact) mass is 673 g/mol. The quantitative estimate of drug-likeness (QED) is 0.331. The van der Waals surface area contributed by atoms with Gasteiger partial charge in [0.25, 0.3) is 0 Å². The molecule has 0 amide bonds. The van der Waals surface area contributed by atoms with E-state index in [1.54, 1.807) is 0 Å². The van der Waals surface area contributed by atoms with Crippen LogP contribution in [0.25, 0.3) is 0 Å². The fourth-order valence-corrected chi connectivity index (χ4v) is 0.802. The van der Waals surface area contributed by atoms with Crippen LogP contribution in [0.2, 0.25) is 0 Å². The van der Waals surface area contributed by atoms with Crippen molar-refractivity contribution in [1.82, 2.24) is 0 Å². The number of carboxylic acids is 2. The van der Waals surface area contributed by atoms with E-state index in [1.165, 1.54) is 0 Å². The summed E-state index contributed by atoms with van der Waals surface area (Å²) in [7, 11) is 0. The van der Waals surface area contributed by atoms with Gasteiger partial charge in [-0.2, -0.15) is 0 Å². The van der Waals surface area contributed by atoms with Gasteiger partial charge in [-0.1, -0.05) is 0 Å². The summed E-state index contributed by atoms with van der Waals surface area (Å²) in [6.45, 7) is 0. The molecule has 0 N–H and O–H groups in total. The summed E-state index contributed by atoms with van der Waals surface area (Å²) in [6.07, 6.45) is 0. The molecule has 0 aliphatic carbocycles. The van der Waals surface area contributed by atoms with E-state index in [0.29, 0.717) is 6.78 Å². The van der Waals surface area contributed by atoms with Gasteiger partial charge in [0, 0.05) is 0 Å². The van der Waals surface area contributed by atoms with Crippen LogP contribution in [0.4, 0.5) is 0 Å². The molecule has 0 aliphatic heterocycles. The molecule has 0 rings (SSSR count). The number of carbonyl (C=O) groups excluding carboxylic acids is 2. The Bertz CT molecular complexity index is 310. The normalized spacial score (nSPS) is 7.88. The molecule has 0 spiro atoms. The molecule has 92 valence electrons. The van der Waals surface area contributed by atoms with Crippen molar-refractivity contribution in [1.29, 1.82) is 0 Å². The Morgan fingerprint density at radius 1 is 0.647 bits per heavy atom. The SMILES string of the molecule is O=C([O-])C(Br)=C(Br)Br.O=C([O-])C(Br)=C(Br)Br.[Zn+2]. The van der Waals surface area contributed by atoms with Crippen LogP contribution in [0.1, 0.15) is 0 Å². The van der Waals surface area contributed by atoms with Crippen LogP contribution in [0.15, 0.2) is 15.7 Å².